The summed E-state index contributed by atoms with van der Waals surface area (Å²) in [5, 5.41) is 14.9. The molecule has 1 heterocycles. The van der Waals surface area contributed by atoms with Crippen LogP contribution in [0.4, 0.5) is 0 Å². The Kier molecular flexibility index (Phi) is 3.91. The number of fused-ring (bicyclic) bond motifs is 1. The zero-order chi connectivity index (χ0) is 14.9. The quantitative estimate of drug-likeness (QED) is 0.837. The Bertz CT molecular complexity index is 673. The zero-order valence-electron chi connectivity index (χ0n) is 12.2. The van der Waals surface area contributed by atoms with Crippen LogP contribution in [0.25, 0.3) is 10.9 Å². The number of para-hydroxylation sites is 1. The molecular formula is C17H20N2OS. The Morgan fingerprint density at radius 2 is 2.19 bits per heavy atom. The molecule has 1 fully saturated rings. The Hall–Kier alpha value is -1.52. The van der Waals surface area contributed by atoms with Crippen molar-refractivity contribution < 1.29 is 5.11 Å². The molecule has 1 aliphatic carbocycles. The molecule has 0 radical (unpaired) electrons. The summed E-state index contributed by atoms with van der Waals surface area (Å²) in [5.74, 6) is 0. The van der Waals surface area contributed by atoms with Gasteiger partial charge >= 0.3 is 0 Å². The predicted octanol–water partition coefficient (Wildman–Crippen LogP) is 2.95. The van der Waals surface area contributed by atoms with Gasteiger partial charge < -0.3 is 10.4 Å². The fraction of sp³-hybridized carbons (Fsp3) is 0.412. The summed E-state index contributed by atoms with van der Waals surface area (Å²) in [4.78, 5) is 5.27. The van der Waals surface area contributed by atoms with Gasteiger partial charge in [-0.1, -0.05) is 43.3 Å². The fourth-order valence-electron chi connectivity index (χ4n) is 3.43. The van der Waals surface area contributed by atoms with E-state index in [0.717, 1.165) is 42.1 Å². The van der Waals surface area contributed by atoms with Crippen molar-refractivity contribution in [2.45, 2.75) is 37.2 Å². The number of aliphatic hydroxyl groups is 1. The molecule has 1 aromatic heterocycles. The number of aliphatic hydroxyl groups excluding tert-OH is 1. The molecule has 21 heavy (non-hydrogen) atoms. The average molecular weight is 300 g/mol. The van der Waals surface area contributed by atoms with Crippen molar-refractivity contribution in [3.63, 3.8) is 0 Å². The second-order valence-electron chi connectivity index (χ2n) is 5.73. The smallest absolute Gasteiger partial charge is 0.0884 e. The van der Waals surface area contributed by atoms with Gasteiger partial charge in [-0.2, -0.15) is 0 Å². The van der Waals surface area contributed by atoms with Crippen molar-refractivity contribution in [3.05, 3.63) is 42.1 Å². The first-order chi connectivity index (χ1) is 10.2. The maximum absolute atomic E-state index is 10.7. The third-order valence-electron chi connectivity index (χ3n) is 4.61. The van der Waals surface area contributed by atoms with Crippen molar-refractivity contribution in [2.75, 3.05) is 7.05 Å². The fourth-order valence-corrected chi connectivity index (χ4v) is 3.78. The minimum Gasteiger partial charge on any atom is -0.392 e. The average Bonchev–Trinajstić information content (AvgIpc) is 2.54. The van der Waals surface area contributed by atoms with E-state index in [4.69, 9.17) is 12.2 Å². The highest BCUT2D eigenvalue weighted by Gasteiger charge is 2.45. The van der Waals surface area contributed by atoms with Crippen LogP contribution >= 0.6 is 12.2 Å². The standard InChI is InChI=1S/C17H20N2OS/c1-18-16(21)17(9-5-4-8-15(17)20)13-10-12-6-2-3-7-14(12)19-11-13/h2-3,6-7,10-11,15,20H,4-5,8-9H2,1H3,(H,18,21)/t15-,17-/m0/s1. The number of aromatic nitrogens is 1. The first kappa shape index (κ1) is 14.4. The maximum Gasteiger partial charge on any atom is 0.0884 e. The molecule has 4 heteroatoms. The Morgan fingerprint density at radius 3 is 2.95 bits per heavy atom. The lowest BCUT2D eigenvalue weighted by Gasteiger charge is -2.42. The summed E-state index contributed by atoms with van der Waals surface area (Å²) in [7, 11) is 1.83. The van der Waals surface area contributed by atoms with Gasteiger partial charge in [-0.25, -0.2) is 0 Å². The summed E-state index contributed by atoms with van der Waals surface area (Å²) in [6.45, 7) is 0. The van der Waals surface area contributed by atoms with Gasteiger partial charge in [0, 0.05) is 18.6 Å². The SMILES string of the molecule is CNC(=S)[C@]1(c2cnc3ccccc3c2)CCCC[C@@H]1O. The highest BCUT2D eigenvalue weighted by Crippen LogP contribution is 2.41. The van der Waals surface area contributed by atoms with Gasteiger partial charge in [0.15, 0.2) is 0 Å². The lowest BCUT2D eigenvalue weighted by atomic mass is 9.67. The number of pyridine rings is 1. The van der Waals surface area contributed by atoms with Crippen LogP contribution in [0.3, 0.4) is 0 Å². The van der Waals surface area contributed by atoms with Crippen molar-refractivity contribution in [3.8, 4) is 0 Å². The van der Waals surface area contributed by atoms with E-state index >= 15 is 0 Å². The van der Waals surface area contributed by atoms with Gasteiger partial charge in [0.05, 0.1) is 22.0 Å². The number of thiocarbonyl (C=S) groups is 1. The summed E-state index contributed by atoms with van der Waals surface area (Å²) in [5.41, 5.74) is 1.49. The van der Waals surface area contributed by atoms with Crippen LogP contribution in [0.2, 0.25) is 0 Å². The summed E-state index contributed by atoms with van der Waals surface area (Å²) < 4.78 is 0. The number of hydrogen-bond acceptors (Lipinski definition) is 3. The van der Waals surface area contributed by atoms with Crippen molar-refractivity contribution in [1.82, 2.24) is 10.3 Å². The third-order valence-corrected chi connectivity index (χ3v) is 5.17. The van der Waals surface area contributed by atoms with Crippen molar-refractivity contribution in [2.24, 2.45) is 0 Å². The topological polar surface area (TPSA) is 45.2 Å². The summed E-state index contributed by atoms with van der Waals surface area (Å²) in [6, 6.07) is 10.2. The Balaban J connectivity index is 2.16. The van der Waals surface area contributed by atoms with E-state index in [-0.39, 0.29) is 0 Å². The van der Waals surface area contributed by atoms with Gasteiger partial charge in [0.2, 0.25) is 0 Å². The van der Waals surface area contributed by atoms with Crippen LogP contribution in [0, 0.1) is 0 Å². The van der Waals surface area contributed by atoms with Crippen LogP contribution in [0.1, 0.15) is 31.2 Å². The molecule has 2 aromatic rings. The highest BCUT2D eigenvalue weighted by molar-refractivity contribution is 7.80. The molecule has 3 rings (SSSR count). The molecule has 0 unspecified atom stereocenters. The Labute approximate surface area is 130 Å². The number of benzene rings is 1. The molecule has 2 N–H and O–H groups in total. The summed E-state index contributed by atoms with van der Waals surface area (Å²) >= 11 is 5.57. The molecule has 0 spiro atoms. The molecule has 1 saturated carbocycles. The van der Waals surface area contributed by atoms with Crippen LogP contribution in [-0.4, -0.2) is 28.2 Å². The van der Waals surface area contributed by atoms with Crippen LogP contribution in [0.15, 0.2) is 36.5 Å². The maximum atomic E-state index is 10.7. The molecular weight excluding hydrogens is 280 g/mol. The lowest BCUT2D eigenvalue weighted by Crippen LogP contribution is -2.52. The normalized spacial score (nSPS) is 25.7. The Morgan fingerprint density at radius 1 is 1.38 bits per heavy atom. The van der Waals surface area contributed by atoms with E-state index in [0.29, 0.717) is 4.99 Å². The van der Waals surface area contributed by atoms with Crippen molar-refractivity contribution in [1.29, 1.82) is 0 Å². The zero-order valence-corrected chi connectivity index (χ0v) is 13.0. The molecule has 1 aliphatic rings. The first-order valence-electron chi connectivity index (χ1n) is 7.44. The highest BCUT2D eigenvalue weighted by atomic mass is 32.1. The first-order valence-corrected chi connectivity index (χ1v) is 7.85. The number of likely N-dealkylation sites (N-methyl/N-ethyl adjacent to an activating group) is 1. The molecule has 0 bridgehead atoms. The molecule has 0 saturated heterocycles. The molecule has 3 nitrogen and oxygen atoms in total. The number of rotatable bonds is 2. The van der Waals surface area contributed by atoms with E-state index in [1.165, 1.54) is 0 Å². The van der Waals surface area contributed by atoms with E-state index in [1.807, 2.05) is 31.4 Å². The van der Waals surface area contributed by atoms with Crippen LogP contribution in [0.5, 0.6) is 0 Å². The number of nitrogens with zero attached hydrogens (tertiary/aromatic N) is 1. The third kappa shape index (κ3) is 2.32. The number of nitrogens with one attached hydrogen (secondary N) is 1. The van der Waals surface area contributed by atoms with E-state index in [1.54, 1.807) is 0 Å². The van der Waals surface area contributed by atoms with E-state index in [9.17, 15) is 5.11 Å². The summed E-state index contributed by atoms with van der Waals surface area (Å²) in [6.07, 6.45) is 5.21. The minimum atomic E-state index is -0.501. The molecule has 1 aromatic carbocycles. The minimum absolute atomic E-state index is 0.450. The van der Waals surface area contributed by atoms with Gasteiger partial charge in [-0.15, -0.1) is 0 Å². The molecule has 0 aliphatic heterocycles. The van der Waals surface area contributed by atoms with Crippen LogP contribution in [-0.2, 0) is 5.41 Å². The monoisotopic (exact) mass is 300 g/mol. The van der Waals surface area contributed by atoms with E-state index < -0.39 is 11.5 Å². The molecule has 0 amide bonds. The van der Waals surface area contributed by atoms with Gasteiger partial charge in [0.1, 0.15) is 0 Å². The second kappa shape index (κ2) is 5.70. The molecule has 2 atom stereocenters. The van der Waals surface area contributed by atoms with Gasteiger partial charge in [0.25, 0.3) is 0 Å². The number of hydrogen-bond donors (Lipinski definition) is 2. The van der Waals surface area contributed by atoms with Crippen molar-refractivity contribution >= 4 is 28.1 Å². The van der Waals surface area contributed by atoms with Gasteiger partial charge in [-0.05, 0) is 30.5 Å². The molecule has 110 valence electrons. The van der Waals surface area contributed by atoms with Crippen LogP contribution < -0.4 is 5.32 Å². The predicted molar refractivity (Wildman–Crippen MR) is 89.6 cm³/mol. The largest absolute Gasteiger partial charge is 0.392 e. The van der Waals surface area contributed by atoms with Gasteiger partial charge in [-0.3, -0.25) is 4.98 Å². The van der Waals surface area contributed by atoms with E-state index in [2.05, 4.69) is 22.4 Å². The lowest BCUT2D eigenvalue weighted by molar-refractivity contribution is 0.0777. The second-order valence-corrected chi connectivity index (χ2v) is 6.14.